The minimum Gasteiger partial charge on any atom is -0.439 e. The second-order valence-corrected chi connectivity index (χ2v) is 7.67. The summed E-state index contributed by atoms with van der Waals surface area (Å²) in [6, 6.07) is 14.7. The van der Waals surface area contributed by atoms with Gasteiger partial charge in [0.25, 0.3) is 11.8 Å². The molecule has 0 aliphatic heterocycles. The SMILES string of the molecule is CC(=O)ON(Cc1ccc(Oc2ccc(NC(=O)c3ccc(Cl)c(Cl)c3)cn2)cc1)C(C)=O. The molecular weight excluding hydrogens is 469 g/mol. The predicted octanol–water partition coefficient (Wildman–Crippen LogP) is 5.26. The standard InChI is InChI=1S/C23H19Cl2N3O5/c1-14(29)28(33-15(2)30)13-16-3-7-19(8-4-16)32-22-10-6-18(12-26-22)27-23(31)17-5-9-20(24)21(25)11-17/h3-12H,13H2,1-2H3,(H,27,31). The monoisotopic (exact) mass is 487 g/mol. The van der Waals surface area contributed by atoms with Gasteiger partial charge in [-0.15, -0.1) is 0 Å². The fourth-order valence-corrected chi connectivity index (χ4v) is 2.97. The molecule has 33 heavy (non-hydrogen) atoms. The smallest absolute Gasteiger partial charge is 0.329 e. The van der Waals surface area contributed by atoms with Gasteiger partial charge in [0.15, 0.2) is 0 Å². The number of halogens is 2. The average Bonchev–Trinajstić information content (AvgIpc) is 2.77. The van der Waals surface area contributed by atoms with E-state index >= 15 is 0 Å². The second-order valence-electron chi connectivity index (χ2n) is 6.85. The highest BCUT2D eigenvalue weighted by Gasteiger charge is 2.13. The molecular formula is C23H19Cl2N3O5. The Morgan fingerprint density at radius 1 is 0.970 bits per heavy atom. The molecule has 8 nitrogen and oxygen atoms in total. The first-order valence-corrected chi connectivity index (χ1v) is 10.4. The Hall–Kier alpha value is -3.62. The lowest BCUT2D eigenvalue weighted by atomic mass is 10.2. The number of benzene rings is 2. The summed E-state index contributed by atoms with van der Waals surface area (Å²) in [6.07, 6.45) is 1.46. The maximum atomic E-state index is 12.3. The number of nitrogens with zero attached hydrogens (tertiary/aromatic N) is 2. The lowest BCUT2D eigenvalue weighted by molar-refractivity contribution is -0.197. The van der Waals surface area contributed by atoms with Crippen molar-refractivity contribution >= 4 is 46.7 Å². The molecule has 0 unspecified atom stereocenters. The summed E-state index contributed by atoms with van der Waals surface area (Å²) >= 11 is 11.8. The Balaban J connectivity index is 1.59. The van der Waals surface area contributed by atoms with E-state index in [9.17, 15) is 14.4 Å². The third kappa shape index (κ3) is 6.93. The van der Waals surface area contributed by atoms with Crippen molar-refractivity contribution in [2.45, 2.75) is 20.4 Å². The fourth-order valence-electron chi connectivity index (χ4n) is 2.67. The second kappa shape index (κ2) is 10.8. The summed E-state index contributed by atoms with van der Waals surface area (Å²) in [4.78, 5) is 44.1. The van der Waals surface area contributed by atoms with E-state index in [0.29, 0.717) is 27.9 Å². The molecule has 1 aromatic heterocycles. The molecule has 0 atom stereocenters. The van der Waals surface area contributed by atoms with Crippen LogP contribution >= 0.6 is 23.2 Å². The average molecular weight is 488 g/mol. The number of anilines is 1. The molecule has 2 aromatic carbocycles. The number of carbonyl (C=O) groups is 3. The number of aromatic nitrogens is 1. The van der Waals surface area contributed by atoms with Crippen LogP contribution in [0.3, 0.4) is 0 Å². The quantitative estimate of drug-likeness (QED) is 0.476. The first kappa shape index (κ1) is 24.0. The number of ether oxygens (including phenoxy) is 1. The van der Waals surface area contributed by atoms with Gasteiger partial charge in [-0.1, -0.05) is 35.3 Å². The number of hydrogen-bond acceptors (Lipinski definition) is 6. The zero-order valence-electron chi connectivity index (χ0n) is 17.7. The molecule has 0 spiro atoms. The zero-order valence-corrected chi connectivity index (χ0v) is 19.2. The number of amides is 2. The highest BCUT2D eigenvalue weighted by Crippen LogP contribution is 2.24. The summed E-state index contributed by atoms with van der Waals surface area (Å²) in [7, 11) is 0. The van der Waals surface area contributed by atoms with Gasteiger partial charge in [0.2, 0.25) is 5.88 Å². The van der Waals surface area contributed by atoms with E-state index in [0.717, 1.165) is 10.6 Å². The molecule has 1 heterocycles. The maximum absolute atomic E-state index is 12.3. The molecule has 0 radical (unpaired) electrons. The van der Waals surface area contributed by atoms with Gasteiger partial charge in [-0.2, -0.15) is 5.06 Å². The third-order valence-corrected chi connectivity index (χ3v) is 4.98. The third-order valence-electron chi connectivity index (χ3n) is 4.24. The first-order valence-electron chi connectivity index (χ1n) is 9.67. The molecule has 3 rings (SSSR count). The van der Waals surface area contributed by atoms with Gasteiger partial charge >= 0.3 is 5.97 Å². The fraction of sp³-hybridized carbons (Fsp3) is 0.130. The number of rotatable bonds is 6. The Kier molecular flexibility index (Phi) is 7.87. The number of carbonyl (C=O) groups excluding carboxylic acids is 3. The van der Waals surface area contributed by atoms with Crippen molar-refractivity contribution in [2.24, 2.45) is 0 Å². The summed E-state index contributed by atoms with van der Waals surface area (Å²) in [5, 5.41) is 4.35. The summed E-state index contributed by atoms with van der Waals surface area (Å²) in [5.74, 6) is -0.483. The topological polar surface area (TPSA) is 97.8 Å². The van der Waals surface area contributed by atoms with E-state index in [-0.39, 0.29) is 23.4 Å². The van der Waals surface area contributed by atoms with Crippen molar-refractivity contribution in [2.75, 3.05) is 5.32 Å². The van der Waals surface area contributed by atoms with Gasteiger partial charge < -0.3 is 14.9 Å². The van der Waals surface area contributed by atoms with Crippen molar-refractivity contribution in [3.63, 3.8) is 0 Å². The van der Waals surface area contributed by atoms with Crippen molar-refractivity contribution < 1.29 is 24.0 Å². The zero-order chi connectivity index (χ0) is 24.0. The van der Waals surface area contributed by atoms with Crippen LogP contribution in [0.2, 0.25) is 10.0 Å². The van der Waals surface area contributed by atoms with Crippen LogP contribution < -0.4 is 10.1 Å². The molecule has 170 valence electrons. The summed E-state index contributed by atoms with van der Waals surface area (Å²) in [5.41, 5.74) is 1.58. The normalized spacial score (nSPS) is 10.3. The molecule has 2 amide bonds. The lowest BCUT2D eigenvalue weighted by Crippen LogP contribution is -2.30. The maximum Gasteiger partial charge on any atom is 0.329 e. The first-order chi connectivity index (χ1) is 15.7. The van der Waals surface area contributed by atoms with Gasteiger partial charge in [-0.05, 0) is 42.0 Å². The molecule has 0 bridgehead atoms. The highest BCUT2D eigenvalue weighted by molar-refractivity contribution is 6.42. The largest absolute Gasteiger partial charge is 0.439 e. The minimum atomic E-state index is -0.576. The van der Waals surface area contributed by atoms with Gasteiger partial charge in [0, 0.05) is 25.5 Å². The highest BCUT2D eigenvalue weighted by atomic mass is 35.5. The Morgan fingerprint density at radius 2 is 1.70 bits per heavy atom. The van der Waals surface area contributed by atoms with Crippen LogP contribution in [-0.4, -0.2) is 27.8 Å². The van der Waals surface area contributed by atoms with Gasteiger partial charge in [0.05, 0.1) is 28.5 Å². The van der Waals surface area contributed by atoms with Gasteiger partial charge in [-0.3, -0.25) is 14.4 Å². The molecule has 1 N–H and O–H groups in total. The molecule has 0 aliphatic rings. The van der Waals surface area contributed by atoms with Crippen molar-refractivity contribution in [1.82, 2.24) is 10.0 Å². The summed E-state index contributed by atoms with van der Waals surface area (Å²) < 4.78 is 5.70. The van der Waals surface area contributed by atoms with Crippen molar-refractivity contribution in [3.05, 3.63) is 82.0 Å². The molecule has 0 saturated carbocycles. The van der Waals surface area contributed by atoms with Crippen LogP contribution in [0.25, 0.3) is 0 Å². The molecule has 0 fully saturated rings. The van der Waals surface area contributed by atoms with Gasteiger partial charge in [0.1, 0.15) is 5.75 Å². The van der Waals surface area contributed by atoms with Crippen LogP contribution in [-0.2, 0) is 21.0 Å². The van der Waals surface area contributed by atoms with Crippen molar-refractivity contribution in [3.8, 4) is 11.6 Å². The van der Waals surface area contributed by atoms with E-state index < -0.39 is 5.97 Å². The summed E-state index contributed by atoms with van der Waals surface area (Å²) in [6.45, 7) is 2.65. The number of pyridine rings is 1. The van der Waals surface area contributed by atoms with E-state index in [2.05, 4.69) is 10.3 Å². The van der Waals surface area contributed by atoms with E-state index in [1.54, 1.807) is 48.5 Å². The minimum absolute atomic E-state index is 0.112. The predicted molar refractivity (Wildman–Crippen MR) is 123 cm³/mol. The number of hydrogen-bond donors (Lipinski definition) is 1. The van der Waals surface area contributed by atoms with E-state index in [1.165, 1.54) is 26.1 Å². The van der Waals surface area contributed by atoms with Crippen LogP contribution in [0.4, 0.5) is 5.69 Å². The molecule has 0 saturated heterocycles. The number of hydroxylamine groups is 2. The van der Waals surface area contributed by atoms with Crippen LogP contribution in [0.1, 0.15) is 29.8 Å². The molecule has 10 heteroatoms. The van der Waals surface area contributed by atoms with E-state index in [1.807, 2.05) is 0 Å². The number of nitrogens with one attached hydrogen (secondary N) is 1. The molecule has 3 aromatic rings. The van der Waals surface area contributed by atoms with Crippen LogP contribution in [0.15, 0.2) is 60.8 Å². The lowest BCUT2D eigenvalue weighted by Gasteiger charge is -2.18. The van der Waals surface area contributed by atoms with Crippen LogP contribution in [0.5, 0.6) is 11.6 Å². The Bertz CT molecular complexity index is 1170. The van der Waals surface area contributed by atoms with Crippen molar-refractivity contribution in [1.29, 1.82) is 0 Å². The molecule has 0 aliphatic carbocycles. The Labute approximate surface area is 200 Å². The van der Waals surface area contributed by atoms with E-state index in [4.69, 9.17) is 32.8 Å². The van der Waals surface area contributed by atoms with Gasteiger partial charge in [-0.25, -0.2) is 4.98 Å². The van der Waals surface area contributed by atoms with Crippen LogP contribution in [0, 0.1) is 0 Å². The Morgan fingerprint density at radius 3 is 2.27 bits per heavy atom.